The smallest absolute Gasteiger partial charge is 0.218 e. The number of nitrogens with one attached hydrogen (secondary N) is 1. The van der Waals surface area contributed by atoms with E-state index in [2.05, 4.69) is 15.2 Å². The highest BCUT2D eigenvalue weighted by atomic mass is 35.5. The molecule has 2 aromatic carbocycles. The predicted molar refractivity (Wildman–Crippen MR) is 84.7 cm³/mol. The molecule has 0 fully saturated rings. The molecule has 0 radical (unpaired) electrons. The second-order valence-electron chi connectivity index (χ2n) is 4.97. The average Bonchev–Trinajstić information content (AvgIpc) is 2.81. The number of nitrogens with zero attached hydrogens (tertiary/aromatic N) is 2. The molecular weight excluding hydrogens is 318 g/mol. The zero-order chi connectivity index (χ0) is 16.6. The van der Waals surface area contributed by atoms with Crippen molar-refractivity contribution in [2.24, 2.45) is 10.2 Å². The lowest BCUT2D eigenvalue weighted by Gasteiger charge is -2.04. The summed E-state index contributed by atoms with van der Waals surface area (Å²) in [4.78, 5) is 13.9. The Morgan fingerprint density at radius 3 is 2.74 bits per heavy atom. The molecular formula is C16H11ClN3O3-. The van der Waals surface area contributed by atoms with Gasteiger partial charge in [-0.15, -0.1) is 10.2 Å². The Morgan fingerprint density at radius 1 is 1.26 bits per heavy atom. The number of carbonyl (C=O) groups excluding carboxylic acids is 1. The van der Waals surface area contributed by atoms with E-state index in [9.17, 15) is 15.0 Å². The molecule has 0 atom stereocenters. The average molecular weight is 329 g/mol. The number of rotatable bonds is 3. The highest BCUT2D eigenvalue weighted by Crippen LogP contribution is 2.39. The molecule has 1 heterocycles. The molecule has 116 valence electrons. The van der Waals surface area contributed by atoms with Crippen molar-refractivity contribution in [3.63, 3.8) is 0 Å². The van der Waals surface area contributed by atoms with Crippen LogP contribution in [0.3, 0.4) is 0 Å². The number of aromatic carboxylic acids is 1. The summed E-state index contributed by atoms with van der Waals surface area (Å²) in [5.74, 6) is -1.51. The first-order valence-corrected chi connectivity index (χ1v) is 7.08. The van der Waals surface area contributed by atoms with E-state index in [4.69, 9.17) is 11.6 Å². The minimum absolute atomic E-state index is 0.0789. The van der Waals surface area contributed by atoms with Crippen molar-refractivity contribution in [1.82, 2.24) is 4.98 Å². The summed E-state index contributed by atoms with van der Waals surface area (Å²) in [6, 6.07) is 9.48. The monoisotopic (exact) mass is 328 g/mol. The zero-order valence-corrected chi connectivity index (χ0v) is 12.8. The molecule has 0 aliphatic rings. The highest BCUT2D eigenvalue weighted by molar-refractivity contribution is 6.31. The minimum Gasteiger partial charge on any atom is -0.545 e. The maximum Gasteiger partial charge on any atom is 0.218 e. The fraction of sp³-hybridized carbons (Fsp3) is 0.0625. The highest BCUT2D eigenvalue weighted by Gasteiger charge is 2.13. The first-order valence-electron chi connectivity index (χ1n) is 6.70. The Hall–Kier alpha value is -2.86. The van der Waals surface area contributed by atoms with Gasteiger partial charge in [0.25, 0.3) is 0 Å². The summed E-state index contributed by atoms with van der Waals surface area (Å²) >= 11 is 6.04. The van der Waals surface area contributed by atoms with Crippen molar-refractivity contribution in [2.45, 2.75) is 6.92 Å². The standard InChI is InChI=1S/C16H12ClN3O3/c1-8-6-9(17)7-11-13(8)18-15(21)14(11)20-19-12-5-3-2-4-10(12)16(22)23/h2-7,18,21H,1H3,(H,22,23)/p-1. The van der Waals surface area contributed by atoms with Gasteiger partial charge >= 0.3 is 0 Å². The van der Waals surface area contributed by atoms with Crippen LogP contribution in [-0.4, -0.2) is 16.1 Å². The summed E-state index contributed by atoms with van der Waals surface area (Å²) in [5, 5.41) is 30.1. The van der Waals surface area contributed by atoms with Crippen molar-refractivity contribution < 1.29 is 15.0 Å². The summed E-state index contributed by atoms with van der Waals surface area (Å²) in [6.07, 6.45) is 0. The van der Waals surface area contributed by atoms with E-state index in [1.165, 1.54) is 12.1 Å². The van der Waals surface area contributed by atoms with Gasteiger partial charge in [0.15, 0.2) is 5.69 Å². The number of H-pyrrole nitrogens is 1. The predicted octanol–water partition coefficient (Wildman–Crippen LogP) is 3.61. The number of fused-ring (bicyclic) bond motifs is 1. The molecule has 1 aromatic heterocycles. The number of benzene rings is 2. The number of aromatic amines is 1. The van der Waals surface area contributed by atoms with Gasteiger partial charge in [-0.2, -0.15) is 0 Å². The normalized spacial score (nSPS) is 11.4. The Balaban J connectivity index is 2.12. The maximum absolute atomic E-state index is 11.1. The molecule has 0 bridgehead atoms. The maximum atomic E-state index is 11.1. The number of aryl methyl sites for hydroxylation is 1. The summed E-state index contributed by atoms with van der Waals surface area (Å²) in [7, 11) is 0. The van der Waals surface area contributed by atoms with E-state index < -0.39 is 5.97 Å². The number of aromatic nitrogens is 1. The third-order valence-electron chi connectivity index (χ3n) is 3.40. The molecule has 3 aromatic rings. The van der Waals surface area contributed by atoms with Crippen LogP contribution in [0.2, 0.25) is 5.02 Å². The Labute approximate surface area is 136 Å². The quantitative estimate of drug-likeness (QED) is 0.718. The Kier molecular flexibility index (Phi) is 3.75. The van der Waals surface area contributed by atoms with Crippen molar-refractivity contribution in [1.29, 1.82) is 0 Å². The van der Waals surface area contributed by atoms with Crippen molar-refractivity contribution >= 4 is 39.8 Å². The first kappa shape index (κ1) is 15.1. The lowest BCUT2D eigenvalue weighted by molar-refractivity contribution is -0.254. The molecule has 0 saturated heterocycles. The fourth-order valence-electron chi connectivity index (χ4n) is 2.34. The second-order valence-corrected chi connectivity index (χ2v) is 5.41. The van der Waals surface area contributed by atoms with Gasteiger partial charge < -0.3 is 20.0 Å². The molecule has 2 N–H and O–H groups in total. The molecule has 6 nitrogen and oxygen atoms in total. The van der Waals surface area contributed by atoms with E-state index in [-0.39, 0.29) is 22.8 Å². The third-order valence-corrected chi connectivity index (χ3v) is 3.62. The molecule has 0 unspecified atom stereocenters. The van der Waals surface area contributed by atoms with E-state index >= 15 is 0 Å². The van der Waals surface area contributed by atoms with Crippen LogP contribution in [0.4, 0.5) is 11.4 Å². The van der Waals surface area contributed by atoms with Crippen LogP contribution in [0.1, 0.15) is 15.9 Å². The van der Waals surface area contributed by atoms with Crippen LogP contribution in [0.15, 0.2) is 46.6 Å². The van der Waals surface area contributed by atoms with E-state index in [0.717, 1.165) is 5.56 Å². The number of aromatic hydroxyl groups is 1. The molecule has 7 heteroatoms. The number of halogens is 1. The molecule has 0 saturated carbocycles. The summed E-state index contributed by atoms with van der Waals surface area (Å²) in [5.41, 5.74) is 1.79. The lowest BCUT2D eigenvalue weighted by atomic mass is 10.1. The molecule has 0 amide bonds. The van der Waals surface area contributed by atoms with Crippen LogP contribution in [0.5, 0.6) is 5.88 Å². The van der Waals surface area contributed by atoms with Gasteiger partial charge in [-0.25, -0.2) is 0 Å². The lowest BCUT2D eigenvalue weighted by Crippen LogP contribution is -2.22. The van der Waals surface area contributed by atoms with Gasteiger partial charge in [0, 0.05) is 16.0 Å². The van der Waals surface area contributed by atoms with Crippen LogP contribution in [-0.2, 0) is 0 Å². The zero-order valence-electron chi connectivity index (χ0n) is 12.0. The van der Waals surface area contributed by atoms with Crippen LogP contribution >= 0.6 is 11.6 Å². The van der Waals surface area contributed by atoms with Crippen LogP contribution in [0, 0.1) is 6.92 Å². The second kappa shape index (κ2) is 5.73. The topological polar surface area (TPSA) is 101 Å². The van der Waals surface area contributed by atoms with Gasteiger partial charge in [-0.1, -0.05) is 29.8 Å². The van der Waals surface area contributed by atoms with E-state index in [0.29, 0.717) is 15.9 Å². The summed E-state index contributed by atoms with van der Waals surface area (Å²) < 4.78 is 0. The van der Waals surface area contributed by atoms with Gasteiger partial charge in [0.05, 0.1) is 17.2 Å². The largest absolute Gasteiger partial charge is 0.545 e. The Bertz CT molecular complexity index is 947. The van der Waals surface area contributed by atoms with Gasteiger partial charge in [0.2, 0.25) is 5.88 Å². The van der Waals surface area contributed by atoms with Gasteiger partial charge in [-0.3, -0.25) is 0 Å². The van der Waals surface area contributed by atoms with Gasteiger partial charge in [0.1, 0.15) is 0 Å². The van der Waals surface area contributed by atoms with Crippen molar-refractivity contribution in [2.75, 3.05) is 0 Å². The number of carboxylic acids is 1. The molecule has 23 heavy (non-hydrogen) atoms. The summed E-state index contributed by atoms with van der Waals surface area (Å²) in [6.45, 7) is 1.84. The van der Waals surface area contributed by atoms with E-state index in [1.54, 1.807) is 24.3 Å². The van der Waals surface area contributed by atoms with Gasteiger partial charge in [-0.05, 0) is 30.7 Å². The minimum atomic E-state index is -1.35. The molecule has 3 rings (SSSR count). The first-order chi connectivity index (χ1) is 11.0. The number of hydrogen-bond acceptors (Lipinski definition) is 5. The fourth-order valence-corrected chi connectivity index (χ4v) is 2.61. The molecule has 0 spiro atoms. The SMILES string of the molecule is Cc1cc(Cl)cc2c(N=Nc3ccccc3C(=O)[O-])c(O)[nH]c12. The third kappa shape index (κ3) is 2.76. The van der Waals surface area contributed by atoms with Crippen molar-refractivity contribution in [3.8, 4) is 5.88 Å². The molecule has 0 aliphatic heterocycles. The van der Waals surface area contributed by atoms with E-state index in [1.807, 2.05) is 6.92 Å². The number of hydrogen-bond donors (Lipinski definition) is 2. The number of carboxylic acid groups (broad SMARTS) is 1. The molecule has 0 aliphatic carbocycles. The van der Waals surface area contributed by atoms with Crippen LogP contribution in [0.25, 0.3) is 10.9 Å². The number of carbonyl (C=O) groups is 1. The van der Waals surface area contributed by atoms with Crippen LogP contribution < -0.4 is 5.11 Å². The Morgan fingerprint density at radius 2 is 2.00 bits per heavy atom. The number of azo groups is 1. The van der Waals surface area contributed by atoms with Crippen molar-refractivity contribution in [3.05, 3.63) is 52.5 Å².